The van der Waals surface area contributed by atoms with Crippen molar-refractivity contribution in [2.45, 2.75) is 78.6 Å². The predicted molar refractivity (Wildman–Crippen MR) is 244 cm³/mol. The quantitative estimate of drug-likeness (QED) is 0.155. The van der Waals surface area contributed by atoms with Crippen LogP contribution in [0.25, 0.3) is 38.8 Å². The van der Waals surface area contributed by atoms with Crippen LogP contribution in [0, 0.1) is 18.8 Å². The Bertz CT molecular complexity index is 2820. The molecule has 0 saturated heterocycles. The molecule has 1 aliphatic heterocycles. The van der Waals surface area contributed by atoms with Gasteiger partial charge >= 0.3 is 0 Å². The molecule has 0 radical (unpaired) electrons. The Kier molecular flexibility index (Phi) is 10.5. The molecule has 0 bridgehead atoms. The van der Waals surface area contributed by atoms with Gasteiger partial charge in [-0.1, -0.05) is 122 Å². The summed E-state index contributed by atoms with van der Waals surface area (Å²) in [6.45, 7) is 22.6. The summed E-state index contributed by atoms with van der Waals surface area (Å²) >= 11 is 0. The zero-order valence-electron chi connectivity index (χ0n) is 35.7. The van der Waals surface area contributed by atoms with Crippen molar-refractivity contribution < 1.29 is 25.8 Å². The fraction of sp³-hybridized carbons (Fsp3) is 0.226. The molecule has 0 unspecified atom stereocenters. The minimum Gasteiger partial charge on any atom is -0.509 e. The van der Waals surface area contributed by atoms with Crippen LogP contribution in [0.15, 0.2) is 134 Å². The van der Waals surface area contributed by atoms with E-state index in [2.05, 4.69) is 193 Å². The van der Waals surface area contributed by atoms with Gasteiger partial charge in [-0.15, -0.1) is 42.4 Å². The first-order valence-electron chi connectivity index (χ1n) is 20.4. The molecule has 0 fully saturated rings. The standard InChI is InChI=1S/C53H50N5O.Pt/c1-51(2,3)37-26-28-54-48(31-37)58-45-22-14-13-21-41(45)42-25-24-40(33-47(42)58)59-39-20-15-19-38(32-39)56-34-57(46-23-16-27-55-50(46)56)49-43(52(4,5)6)29-36(30-44(49)53(7,8)9)35-17-11-10-12-18-35;/h10-31,34H,1-9H3;/q-3;. The molecule has 6 nitrogen and oxygen atoms in total. The largest absolute Gasteiger partial charge is 0.509 e. The van der Waals surface area contributed by atoms with E-state index >= 15 is 0 Å². The summed E-state index contributed by atoms with van der Waals surface area (Å²) in [5.74, 6) is 2.85. The Morgan fingerprint density at radius 2 is 1.27 bits per heavy atom. The Balaban J connectivity index is 0.00000499. The maximum atomic E-state index is 6.61. The minimum atomic E-state index is -0.154. The van der Waals surface area contributed by atoms with Crippen LogP contribution >= 0.6 is 0 Å². The van der Waals surface area contributed by atoms with Crippen molar-refractivity contribution in [1.82, 2.24) is 14.5 Å². The first-order valence-corrected chi connectivity index (χ1v) is 20.4. The zero-order valence-corrected chi connectivity index (χ0v) is 38.0. The second-order valence-electron chi connectivity index (χ2n) is 18.6. The summed E-state index contributed by atoms with van der Waals surface area (Å²) in [7, 11) is 0. The molecule has 0 atom stereocenters. The molecule has 0 spiro atoms. The molecule has 306 valence electrons. The number of para-hydroxylation sites is 1. The van der Waals surface area contributed by atoms with Crippen molar-refractivity contribution in [3.8, 4) is 28.4 Å². The summed E-state index contributed by atoms with van der Waals surface area (Å²) in [6, 6.07) is 49.6. The van der Waals surface area contributed by atoms with Crippen molar-refractivity contribution in [2.75, 3.05) is 9.80 Å². The Morgan fingerprint density at radius 1 is 0.567 bits per heavy atom. The maximum absolute atomic E-state index is 6.61. The third-order valence-corrected chi connectivity index (χ3v) is 11.2. The molecule has 7 heteroatoms. The monoisotopic (exact) mass is 967 g/mol. The third kappa shape index (κ3) is 7.51. The first-order chi connectivity index (χ1) is 28.1. The second kappa shape index (κ2) is 15.4. The van der Waals surface area contributed by atoms with Crippen LogP contribution in [-0.4, -0.2) is 14.5 Å². The molecule has 8 aromatic rings. The Hall–Kier alpha value is -5.71. The summed E-state index contributed by atoms with van der Waals surface area (Å²) in [5.41, 5.74) is 10.8. The van der Waals surface area contributed by atoms with E-state index in [-0.39, 0.29) is 37.3 Å². The van der Waals surface area contributed by atoms with Gasteiger partial charge in [0.2, 0.25) is 0 Å². The van der Waals surface area contributed by atoms with E-state index in [0.717, 1.165) is 44.8 Å². The van der Waals surface area contributed by atoms with Gasteiger partial charge in [0, 0.05) is 56.2 Å². The average molecular weight is 968 g/mol. The number of hydrogen-bond donors (Lipinski definition) is 0. The molecule has 4 heterocycles. The normalized spacial score (nSPS) is 13.2. The second-order valence-corrected chi connectivity index (χ2v) is 18.6. The smallest absolute Gasteiger partial charge is 0.135 e. The number of nitrogens with zero attached hydrogens (tertiary/aromatic N) is 5. The molecule has 0 N–H and O–H groups in total. The molecule has 60 heavy (non-hydrogen) atoms. The first kappa shape index (κ1) is 41.0. The van der Waals surface area contributed by atoms with Crippen molar-refractivity contribution in [2.24, 2.45) is 0 Å². The van der Waals surface area contributed by atoms with Crippen molar-refractivity contribution >= 4 is 44.7 Å². The van der Waals surface area contributed by atoms with Crippen molar-refractivity contribution in [3.63, 3.8) is 0 Å². The summed E-state index contributed by atoms with van der Waals surface area (Å²) in [6.07, 6.45) is 3.75. The number of fused-ring (bicyclic) bond motifs is 4. The number of aromatic nitrogens is 3. The van der Waals surface area contributed by atoms with Gasteiger partial charge in [-0.25, -0.2) is 9.97 Å². The van der Waals surface area contributed by atoms with E-state index in [0.29, 0.717) is 11.5 Å². The van der Waals surface area contributed by atoms with Gasteiger partial charge in [0.15, 0.2) is 0 Å². The van der Waals surface area contributed by atoms with Gasteiger partial charge in [0.05, 0.1) is 5.69 Å². The molecule has 3 aromatic heterocycles. The van der Waals surface area contributed by atoms with E-state index in [1.165, 1.54) is 33.5 Å². The number of ether oxygens (including phenoxy) is 1. The van der Waals surface area contributed by atoms with Crippen LogP contribution < -0.4 is 14.5 Å². The third-order valence-electron chi connectivity index (χ3n) is 11.2. The van der Waals surface area contributed by atoms with E-state index in [1.54, 1.807) is 0 Å². The number of benzene rings is 5. The van der Waals surface area contributed by atoms with Gasteiger partial charge in [0.1, 0.15) is 11.6 Å². The molecular weight excluding hydrogens is 918 g/mol. The predicted octanol–water partition coefficient (Wildman–Crippen LogP) is 13.9. The van der Waals surface area contributed by atoms with Gasteiger partial charge in [0.25, 0.3) is 0 Å². The van der Waals surface area contributed by atoms with Gasteiger partial charge in [-0.2, -0.15) is 12.1 Å². The van der Waals surface area contributed by atoms with Crippen LogP contribution in [-0.2, 0) is 37.3 Å². The summed E-state index contributed by atoms with van der Waals surface area (Å²) in [4.78, 5) is 14.2. The summed E-state index contributed by atoms with van der Waals surface area (Å²) in [5, 5.41) is 2.23. The molecule has 0 aliphatic carbocycles. The number of hydrogen-bond acceptors (Lipinski definition) is 5. The Labute approximate surface area is 369 Å². The van der Waals surface area contributed by atoms with E-state index < -0.39 is 0 Å². The van der Waals surface area contributed by atoms with Crippen LogP contribution in [0.4, 0.5) is 22.9 Å². The topological polar surface area (TPSA) is 46.4 Å². The van der Waals surface area contributed by atoms with Crippen LogP contribution in [0.1, 0.15) is 79.0 Å². The van der Waals surface area contributed by atoms with Gasteiger partial charge in [-0.3, -0.25) is 0 Å². The molecule has 0 saturated carbocycles. The summed E-state index contributed by atoms with van der Waals surface area (Å²) < 4.78 is 8.80. The van der Waals surface area contributed by atoms with E-state index in [4.69, 9.17) is 14.7 Å². The molecule has 1 aliphatic rings. The SMILES string of the molecule is CC(C)(C)c1ccnc(-n2c3[c-]c(Oc4[c-]c(N5[CH-]N(c6c(C(C)(C)C)cc(-c7ccccc7)cc6C(C)(C)C)c6cccnc65)ccc4)ccc3c3ccccc32)c1.[Pt]. The van der Waals surface area contributed by atoms with Crippen molar-refractivity contribution in [3.05, 3.63) is 169 Å². The van der Waals surface area contributed by atoms with Crippen LogP contribution in [0.5, 0.6) is 11.5 Å². The van der Waals surface area contributed by atoms with E-state index in [1.807, 2.05) is 36.7 Å². The van der Waals surface area contributed by atoms with Gasteiger partial charge < -0.3 is 19.1 Å². The fourth-order valence-electron chi connectivity index (χ4n) is 8.12. The number of pyridine rings is 2. The zero-order chi connectivity index (χ0) is 41.3. The van der Waals surface area contributed by atoms with Gasteiger partial charge in [-0.05, 0) is 91.9 Å². The molecule has 9 rings (SSSR count). The Morgan fingerprint density at radius 3 is 1.98 bits per heavy atom. The molecule has 5 aromatic carbocycles. The minimum absolute atomic E-state index is 0. The maximum Gasteiger partial charge on any atom is 0.135 e. The van der Waals surface area contributed by atoms with E-state index in [9.17, 15) is 0 Å². The fourth-order valence-corrected chi connectivity index (χ4v) is 8.12. The number of anilines is 4. The molecular formula is C53H50N5OPt-3. The van der Waals surface area contributed by atoms with Crippen molar-refractivity contribution in [1.29, 1.82) is 0 Å². The average Bonchev–Trinajstić information content (AvgIpc) is 3.76. The molecule has 0 amide bonds. The number of rotatable bonds is 6. The van der Waals surface area contributed by atoms with Crippen LogP contribution in [0.3, 0.4) is 0 Å². The van der Waals surface area contributed by atoms with Crippen LogP contribution in [0.2, 0.25) is 0 Å².